The van der Waals surface area contributed by atoms with Crippen LogP contribution in [0.25, 0.3) is 5.69 Å². The van der Waals surface area contributed by atoms with Gasteiger partial charge in [-0.3, -0.25) is 4.79 Å². The Morgan fingerprint density at radius 2 is 1.87 bits per heavy atom. The highest BCUT2D eigenvalue weighted by atomic mass is 19.4. The topological polar surface area (TPSA) is 99.2 Å². The van der Waals surface area contributed by atoms with Gasteiger partial charge in [0.05, 0.1) is 23.3 Å². The van der Waals surface area contributed by atoms with E-state index in [4.69, 9.17) is 5.73 Å². The van der Waals surface area contributed by atoms with E-state index in [0.29, 0.717) is 17.8 Å². The zero-order chi connectivity index (χ0) is 22.9. The molecule has 2 amide bonds. The van der Waals surface area contributed by atoms with Crippen molar-refractivity contribution in [1.82, 2.24) is 9.55 Å². The van der Waals surface area contributed by atoms with Gasteiger partial charge in [0.1, 0.15) is 0 Å². The van der Waals surface area contributed by atoms with Crippen LogP contribution in [0.3, 0.4) is 0 Å². The van der Waals surface area contributed by atoms with E-state index in [2.05, 4.69) is 9.72 Å². The molecule has 0 bridgehead atoms. The summed E-state index contributed by atoms with van der Waals surface area (Å²) in [6, 6.07) is 4.01. The number of nitrogens with zero attached hydrogens (tertiary/aromatic N) is 2. The van der Waals surface area contributed by atoms with Crippen molar-refractivity contribution in [3.8, 4) is 11.4 Å². The smallest absolute Gasteiger partial charge is 0.404 e. The van der Waals surface area contributed by atoms with Gasteiger partial charge in [0.25, 0.3) is 5.91 Å². The van der Waals surface area contributed by atoms with E-state index >= 15 is 0 Å². The van der Waals surface area contributed by atoms with Crippen LogP contribution in [0.1, 0.15) is 21.6 Å². The van der Waals surface area contributed by atoms with Gasteiger partial charge in [0.2, 0.25) is 5.75 Å². The van der Waals surface area contributed by atoms with Crippen molar-refractivity contribution >= 4 is 17.7 Å². The molecule has 0 atom stereocenters. The minimum Gasteiger partial charge on any atom is -0.404 e. The Kier molecular flexibility index (Phi) is 5.64. The average molecular weight is 440 g/mol. The van der Waals surface area contributed by atoms with E-state index in [1.807, 2.05) is 5.32 Å². The summed E-state index contributed by atoms with van der Waals surface area (Å²) < 4.78 is 73.5. The van der Waals surface area contributed by atoms with Crippen LogP contribution in [-0.2, 0) is 6.18 Å². The van der Waals surface area contributed by atoms with Crippen LogP contribution >= 0.6 is 0 Å². The van der Waals surface area contributed by atoms with Crippen molar-refractivity contribution in [2.75, 3.05) is 5.32 Å². The molecule has 12 heteroatoms. The minimum absolute atomic E-state index is 0.0158. The molecule has 0 unspecified atom stereocenters. The number of carbonyl (C=O) groups excluding carboxylic acids is 2. The van der Waals surface area contributed by atoms with Gasteiger partial charge in [-0.25, -0.2) is 18.6 Å². The lowest BCUT2D eigenvalue weighted by Gasteiger charge is -2.14. The van der Waals surface area contributed by atoms with Crippen LogP contribution in [0.2, 0.25) is 0 Å². The summed E-state index contributed by atoms with van der Waals surface area (Å²) in [6.07, 6.45) is -3.56. The zero-order valence-corrected chi connectivity index (χ0v) is 15.6. The number of amides is 2. The fourth-order valence-corrected chi connectivity index (χ4v) is 2.64. The molecule has 0 aliphatic rings. The van der Waals surface area contributed by atoms with E-state index in [1.165, 1.54) is 17.1 Å². The maximum absolute atomic E-state index is 14.4. The second-order valence-corrected chi connectivity index (χ2v) is 6.30. The molecule has 7 nitrogen and oxygen atoms in total. The number of imidazole rings is 1. The minimum atomic E-state index is -4.77. The summed E-state index contributed by atoms with van der Waals surface area (Å²) in [4.78, 5) is 27.3. The average Bonchev–Trinajstić information content (AvgIpc) is 3.12. The number of aromatic nitrogens is 2. The van der Waals surface area contributed by atoms with Crippen molar-refractivity contribution in [2.45, 2.75) is 13.1 Å². The van der Waals surface area contributed by atoms with Gasteiger partial charge in [0.15, 0.2) is 11.6 Å². The Morgan fingerprint density at radius 1 is 1.16 bits per heavy atom. The number of carbonyl (C=O) groups is 2. The molecule has 0 saturated heterocycles. The maximum Gasteiger partial charge on any atom is 0.416 e. The molecule has 0 aliphatic heterocycles. The van der Waals surface area contributed by atoms with Crippen LogP contribution in [0.5, 0.6) is 5.75 Å². The monoisotopic (exact) mass is 440 g/mol. The highest BCUT2D eigenvalue weighted by Gasteiger charge is 2.32. The van der Waals surface area contributed by atoms with E-state index < -0.39 is 52.4 Å². The lowest BCUT2D eigenvalue weighted by atomic mass is 10.1. The maximum atomic E-state index is 14.4. The lowest BCUT2D eigenvalue weighted by Crippen LogP contribution is -2.19. The predicted octanol–water partition coefficient (Wildman–Crippen LogP) is 4.19. The number of ether oxygens (including phenoxy) is 1. The number of nitrogens with one attached hydrogen (secondary N) is 1. The second-order valence-electron chi connectivity index (χ2n) is 6.30. The summed E-state index contributed by atoms with van der Waals surface area (Å²) in [5.74, 6) is -5.03. The van der Waals surface area contributed by atoms with Crippen LogP contribution in [0.4, 0.5) is 32.4 Å². The number of benzene rings is 2. The van der Waals surface area contributed by atoms with Crippen LogP contribution < -0.4 is 15.8 Å². The van der Waals surface area contributed by atoms with Crippen molar-refractivity contribution in [3.05, 3.63) is 71.3 Å². The molecule has 3 aromatic rings. The third-order valence-corrected chi connectivity index (χ3v) is 4.02. The van der Waals surface area contributed by atoms with Crippen molar-refractivity contribution in [3.63, 3.8) is 0 Å². The number of primary amides is 1. The molecule has 0 fully saturated rings. The number of nitrogens with two attached hydrogens (primary N) is 1. The summed E-state index contributed by atoms with van der Waals surface area (Å²) >= 11 is 0. The molecule has 162 valence electrons. The van der Waals surface area contributed by atoms with Crippen molar-refractivity contribution in [2.24, 2.45) is 5.73 Å². The van der Waals surface area contributed by atoms with E-state index in [0.717, 1.165) is 18.2 Å². The molecule has 2 aromatic carbocycles. The van der Waals surface area contributed by atoms with E-state index in [1.54, 1.807) is 6.92 Å². The van der Waals surface area contributed by atoms with E-state index in [-0.39, 0.29) is 5.69 Å². The SMILES string of the molecule is Cc1cn(-c2cc(C(=O)Nc3ccc(F)c(OC(N)=O)c3F)cc(C(F)(F)F)c2)cn1. The number of rotatable bonds is 4. The molecule has 3 rings (SSSR count). The van der Waals surface area contributed by atoms with E-state index in [9.17, 15) is 31.5 Å². The first-order chi connectivity index (χ1) is 14.5. The summed E-state index contributed by atoms with van der Waals surface area (Å²) in [5, 5.41) is 2.02. The molecule has 1 heterocycles. The van der Waals surface area contributed by atoms with Gasteiger partial charge in [-0.15, -0.1) is 0 Å². The third kappa shape index (κ3) is 4.79. The first kappa shape index (κ1) is 21.7. The molecular formula is C19H13F5N4O3. The number of hydrogen-bond donors (Lipinski definition) is 2. The molecule has 0 radical (unpaired) electrons. The Labute approximate surface area is 171 Å². The zero-order valence-electron chi connectivity index (χ0n) is 15.6. The standard InChI is InChI=1S/C19H13F5N4O3/c1-9-7-28(8-26-9)12-5-10(4-11(6-12)19(22,23)24)17(29)27-14-3-2-13(20)16(15(14)21)31-18(25)30/h2-8H,1H3,(H2,25,30)(H,27,29). The molecule has 0 spiro atoms. The van der Waals surface area contributed by atoms with Gasteiger partial charge in [-0.1, -0.05) is 0 Å². The number of hydrogen-bond acceptors (Lipinski definition) is 4. The van der Waals surface area contributed by atoms with Crippen LogP contribution in [-0.4, -0.2) is 21.6 Å². The third-order valence-electron chi connectivity index (χ3n) is 4.02. The molecule has 3 N–H and O–H groups in total. The normalized spacial score (nSPS) is 11.3. The Balaban J connectivity index is 2.01. The summed E-state index contributed by atoms with van der Waals surface area (Å²) in [5.41, 5.74) is 3.02. The highest BCUT2D eigenvalue weighted by molar-refractivity contribution is 6.05. The van der Waals surface area contributed by atoms with Crippen molar-refractivity contribution < 1.29 is 36.3 Å². The first-order valence-electron chi connectivity index (χ1n) is 8.45. The number of anilines is 1. The molecular weight excluding hydrogens is 427 g/mol. The molecule has 0 saturated carbocycles. The Morgan fingerprint density at radius 3 is 2.45 bits per heavy atom. The van der Waals surface area contributed by atoms with Crippen LogP contribution in [0.15, 0.2) is 42.9 Å². The van der Waals surface area contributed by atoms with Gasteiger partial charge in [-0.05, 0) is 37.3 Å². The number of halogens is 5. The number of alkyl halides is 3. The lowest BCUT2D eigenvalue weighted by molar-refractivity contribution is -0.137. The quantitative estimate of drug-likeness (QED) is 0.595. The van der Waals surface area contributed by atoms with Gasteiger partial charge < -0.3 is 20.4 Å². The van der Waals surface area contributed by atoms with Crippen molar-refractivity contribution in [1.29, 1.82) is 0 Å². The second kappa shape index (κ2) is 8.05. The van der Waals surface area contributed by atoms with Gasteiger partial charge >= 0.3 is 12.3 Å². The molecule has 0 aliphatic carbocycles. The summed E-state index contributed by atoms with van der Waals surface area (Å²) in [6.45, 7) is 1.63. The fourth-order valence-electron chi connectivity index (χ4n) is 2.64. The van der Waals surface area contributed by atoms with Gasteiger partial charge in [-0.2, -0.15) is 13.2 Å². The van der Waals surface area contributed by atoms with Crippen LogP contribution in [0, 0.1) is 18.6 Å². The Bertz CT molecular complexity index is 1170. The first-order valence-corrected chi connectivity index (χ1v) is 8.45. The van der Waals surface area contributed by atoms with Gasteiger partial charge in [0, 0.05) is 17.4 Å². The summed E-state index contributed by atoms with van der Waals surface area (Å²) in [7, 11) is 0. The highest BCUT2D eigenvalue weighted by Crippen LogP contribution is 2.33. The Hall–Kier alpha value is -3.96. The molecule has 1 aromatic heterocycles. The fraction of sp³-hybridized carbons (Fsp3) is 0.105. The largest absolute Gasteiger partial charge is 0.416 e. The number of aryl methyl sites for hydroxylation is 1. The predicted molar refractivity (Wildman–Crippen MR) is 97.8 cm³/mol. The molecule has 31 heavy (non-hydrogen) atoms.